The fourth-order valence-electron chi connectivity index (χ4n) is 2.47. The van der Waals surface area contributed by atoms with Crippen molar-refractivity contribution in [3.63, 3.8) is 0 Å². The number of methoxy groups -OCH3 is 1. The average molecular weight is 328 g/mol. The summed E-state index contributed by atoms with van der Waals surface area (Å²) in [6.45, 7) is 4.64. The molecule has 2 aromatic rings. The SMILES string of the molecule is CCCCCOc1cc(CNCCc2ccccn2)ccc1OC. The second-order valence-electron chi connectivity index (χ2n) is 5.79. The van der Waals surface area contributed by atoms with E-state index in [1.165, 1.54) is 18.4 Å². The van der Waals surface area contributed by atoms with Crippen molar-refractivity contribution in [3.8, 4) is 11.5 Å². The smallest absolute Gasteiger partial charge is 0.161 e. The number of rotatable bonds is 11. The van der Waals surface area contributed by atoms with Gasteiger partial charge in [0.15, 0.2) is 11.5 Å². The van der Waals surface area contributed by atoms with E-state index in [0.717, 1.165) is 49.7 Å². The molecule has 0 aliphatic carbocycles. The fraction of sp³-hybridized carbons (Fsp3) is 0.450. The quantitative estimate of drug-likeness (QED) is 0.633. The Morgan fingerprint density at radius 3 is 2.75 bits per heavy atom. The van der Waals surface area contributed by atoms with E-state index in [9.17, 15) is 0 Å². The molecule has 2 rings (SSSR count). The Labute approximate surface area is 145 Å². The minimum atomic E-state index is 0.737. The van der Waals surface area contributed by atoms with Crippen molar-refractivity contribution in [2.45, 2.75) is 39.2 Å². The lowest BCUT2D eigenvalue weighted by atomic mass is 10.2. The maximum Gasteiger partial charge on any atom is 0.161 e. The first-order valence-corrected chi connectivity index (χ1v) is 8.74. The van der Waals surface area contributed by atoms with Gasteiger partial charge < -0.3 is 14.8 Å². The number of nitrogens with zero attached hydrogens (tertiary/aromatic N) is 1. The standard InChI is InChI=1S/C20H28N2O2/c1-3-4-7-14-24-20-15-17(9-10-19(20)23-2)16-21-13-11-18-8-5-6-12-22-18/h5-6,8-10,12,15,21H,3-4,7,11,13-14,16H2,1-2H3. The molecule has 1 aromatic heterocycles. The highest BCUT2D eigenvalue weighted by molar-refractivity contribution is 5.42. The van der Waals surface area contributed by atoms with Gasteiger partial charge in [-0.1, -0.05) is 31.9 Å². The summed E-state index contributed by atoms with van der Waals surface area (Å²) in [6.07, 6.45) is 6.22. The fourth-order valence-corrected chi connectivity index (χ4v) is 2.47. The first kappa shape index (κ1) is 18.3. The van der Waals surface area contributed by atoms with Gasteiger partial charge in [-0.05, 0) is 36.2 Å². The van der Waals surface area contributed by atoms with Crippen LogP contribution in [-0.4, -0.2) is 25.2 Å². The summed E-state index contributed by atoms with van der Waals surface area (Å²) in [6, 6.07) is 12.1. The summed E-state index contributed by atoms with van der Waals surface area (Å²) in [7, 11) is 1.68. The Bertz CT molecular complexity index is 587. The summed E-state index contributed by atoms with van der Waals surface area (Å²) in [5.74, 6) is 1.63. The Kier molecular flexibility index (Phi) is 8.11. The molecule has 0 bridgehead atoms. The molecule has 0 fully saturated rings. The zero-order valence-corrected chi connectivity index (χ0v) is 14.8. The maximum atomic E-state index is 5.88. The normalized spacial score (nSPS) is 10.6. The third-order valence-electron chi connectivity index (χ3n) is 3.85. The van der Waals surface area contributed by atoms with Gasteiger partial charge in [0, 0.05) is 31.4 Å². The van der Waals surface area contributed by atoms with Gasteiger partial charge >= 0.3 is 0 Å². The van der Waals surface area contributed by atoms with Crippen LogP contribution in [0.2, 0.25) is 0 Å². The van der Waals surface area contributed by atoms with Gasteiger partial charge in [0.25, 0.3) is 0 Å². The summed E-state index contributed by atoms with van der Waals surface area (Å²) in [4.78, 5) is 4.33. The molecule has 0 saturated carbocycles. The van der Waals surface area contributed by atoms with E-state index in [-0.39, 0.29) is 0 Å². The van der Waals surface area contributed by atoms with Crippen LogP contribution in [0.4, 0.5) is 0 Å². The Balaban J connectivity index is 1.81. The summed E-state index contributed by atoms with van der Waals surface area (Å²) >= 11 is 0. The number of benzene rings is 1. The van der Waals surface area contributed by atoms with Crippen LogP contribution in [0.1, 0.15) is 37.4 Å². The Hall–Kier alpha value is -2.07. The summed E-state index contributed by atoms with van der Waals surface area (Å²) < 4.78 is 11.3. The highest BCUT2D eigenvalue weighted by Gasteiger charge is 2.06. The van der Waals surface area contributed by atoms with E-state index >= 15 is 0 Å². The second kappa shape index (κ2) is 10.7. The van der Waals surface area contributed by atoms with Gasteiger partial charge in [0.2, 0.25) is 0 Å². The molecule has 0 saturated heterocycles. The average Bonchev–Trinajstić information content (AvgIpc) is 2.63. The number of aromatic nitrogens is 1. The van der Waals surface area contributed by atoms with Crippen LogP contribution in [0.25, 0.3) is 0 Å². The van der Waals surface area contributed by atoms with Gasteiger partial charge in [-0.15, -0.1) is 0 Å². The summed E-state index contributed by atoms with van der Waals surface area (Å²) in [5.41, 5.74) is 2.31. The van der Waals surface area contributed by atoms with Crippen molar-refractivity contribution in [2.75, 3.05) is 20.3 Å². The minimum absolute atomic E-state index is 0.737. The van der Waals surface area contributed by atoms with Crippen molar-refractivity contribution in [1.29, 1.82) is 0 Å². The van der Waals surface area contributed by atoms with Crippen LogP contribution in [0.5, 0.6) is 11.5 Å². The van der Waals surface area contributed by atoms with Crippen molar-refractivity contribution in [3.05, 3.63) is 53.9 Å². The largest absolute Gasteiger partial charge is 0.493 e. The first-order valence-electron chi connectivity index (χ1n) is 8.74. The van der Waals surface area contributed by atoms with Crippen LogP contribution in [0.3, 0.4) is 0 Å². The van der Waals surface area contributed by atoms with E-state index in [4.69, 9.17) is 9.47 Å². The molecule has 1 heterocycles. The number of unbranched alkanes of at least 4 members (excludes halogenated alkanes) is 2. The lowest BCUT2D eigenvalue weighted by molar-refractivity contribution is 0.285. The molecule has 0 aliphatic heterocycles. The van der Waals surface area contributed by atoms with Crippen LogP contribution in [0.15, 0.2) is 42.6 Å². The molecule has 1 N–H and O–H groups in total. The zero-order chi connectivity index (χ0) is 17.0. The molecule has 130 valence electrons. The molecule has 4 heteroatoms. The lowest BCUT2D eigenvalue weighted by Crippen LogP contribution is -2.17. The molecule has 24 heavy (non-hydrogen) atoms. The number of hydrogen-bond acceptors (Lipinski definition) is 4. The minimum Gasteiger partial charge on any atom is -0.493 e. The van der Waals surface area contributed by atoms with E-state index in [1.54, 1.807) is 7.11 Å². The van der Waals surface area contributed by atoms with Gasteiger partial charge in [0.05, 0.1) is 13.7 Å². The van der Waals surface area contributed by atoms with Crippen molar-refractivity contribution in [1.82, 2.24) is 10.3 Å². The third-order valence-corrected chi connectivity index (χ3v) is 3.85. The van der Waals surface area contributed by atoms with Gasteiger partial charge in [-0.2, -0.15) is 0 Å². The monoisotopic (exact) mass is 328 g/mol. The van der Waals surface area contributed by atoms with Gasteiger partial charge in [-0.25, -0.2) is 0 Å². The highest BCUT2D eigenvalue weighted by Crippen LogP contribution is 2.28. The molecule has 1 aromatic carbocycles. The van der Waals surface area contributed by atoms with E-state index in [1.807, 2.05) is 24.4 Å². The predicted octanol–water partition coefficient (Wildman–Crippen LogP) is 3.99. The van der Waals surface area contributed by atoms with E-state index < -0.39 is 0 Å². The lowest BCUT2D eigenvalue weighted by Gasteiger charge is -2.13. The van der Waals surface area contributed by atoms with Crippen molar-refractivity contribution < 1.29 is 9.47 Å². The topological polar surface area (TPSA) is 43.4 Å². The van der Waals surface area contributed by atoms with Crippen molar-refractivity contribution >= 4 is 0 Å². The number of hydrogen-bond donors (Lipinski definition) is 1. The third kappa shape index (κ3) is 6.20. The maximum absolute atomic E-state index is 5.88. The molecule has 0 unspecified atom stereocenters. The summed E-state index contributed by atoms with van der Waals surface area (Å²) in [5, 5.41) is 3.45. The highest BCUT2D eigenvalue weighted by atomic mass is 16.5. The molecule has 0 spiro atoms. The Morgan fingerprint density at radius 1 is 1.08 bits per heavy atom. The molecule has 4 nitrogen and oxygen atoms in total. The van der Waals surface area contributed by atoms with Crippen LogP contribution >= 0.6 is 0 Å². The number of nitrogens with one attached hydrogen (secondary N) is 1. The molecule has 0 amide bonds. The van der Waals surface area contributed by atoms with Crippen LogP contribution in [-0.2, 0) is 13.0 Å². The zero-order valence-electron chi connectivity index (χ0n) is 14.8. The first-order chi connectivity index (χ1) is 11.8. The number of ether oxygens (including phenoxy) is 2. The van der Waals surface area contributed by atoms with E-state index in [2.05, 4.69) is 35.4 Å². The second-order valence-corrected chi connectivity index (χ2v) is 5.79. The molecule has 0 atom stereocenters. The number of pyridine rings is 1. The molecule has 0 aliphatic rings. The molecule has 0 radical (unpaired) electrons. The Morgan fingerprint density at radius 2 is 2.00 bits per heavy atom. The predicted molar refractivity (Wildman–Crippen MR) is 97.7 cm³/mol. The van der Waals surface area contributed by atoms with Crippen molar-refractivity contribution in [2.24, 2.45) is 0 Å². The van der Waals surface area contributed by atoms with Gasteiger partial charge in [-0.3, -0.25) is 4.98 Å². The van der Waals surface area contributed by atoms with Crippen LogP contribution in [0, 0.1) is 0 Å². The molecular weight excluding hydrogens is 300 g/mol. The van der Waals surface area contributed by atoms with E-state index in [0.29, 0.717) is 0 Å². The van der Waals surface area contributed by atoms with Crippen LogP contribution < -0.4 is 14.8 Å². The molecular formula is C20H28N2O2. The van der Waals surface area contributed by atoms with Gasteiger partial charge in [0.1, 0.15) is 0 Å².